The summed E-state index contributed by atoms with van der Waals surface area (Å²) in [5, 5.41) is 10.6. The first-order valence-corrected chi connectivity index (χ1v) is 7.05. The van der Waals surface area contributed by atoms with Crippen molar-refractivity contribution in [2.45, 2.75) is 23.1 Å². The summed E-state index contributed by atoms with van der Waals surface area (Å²) in [5.74, 6) is 0.889. The number of rotatable bonds is 5. The van der Waals surface area contributed by atoms with Gasteiger partial charge >= 0.3 is 0 Å². The van der Waals surface area contributed by atoms with Crippen molar-refractivity contribution in [1.82, 2.24) is 0 Å². The van der Waals surface area contributed by atoms with Crippen LogP contribution in [0.5, 0.6) is 5.75 Å². The average Bonchev–Trinajstić information content (AvgIpc) is 2.47. The summed E-state index contributed by atoms with van der Waals surface area (Å²) in [6.07, 6.45) is 0.901. The van der Waals surface area contributed by atoms with Crippen molar-refractivity contribution in [1.29, 1.82) is 0 Å². The van der Waals surface area contributed by atoms with E-state index in [1.165, 1.54) is 12.1 Å². The van der Waals surface area contributed by atoms with Gasteiger partial charge < -0.3 is 4.74 Å². The molecule has 0 amide bonds. The van der Waals surface area contributed by atoms with Crippen LogP contribution in [0.2, 0.25) is 0 Å². The Morgan fingerprint density at radius 1 is 1.15 bits per heavy atom. The van der Waals surface area contributed by atoms with Crippen LogP contribution in [0.4, 0.5) is 5.69 Å². The number of non-ortho nitro benzene ring substituents is 1. The molecular weight excluding hydrogens is 274 g/mol. The second-order valence-corrected chi connectivity index (χ2v) is 5.33. The van der Waals surface area contributed by atoms with Crippen LogP contribution >= 0.6 is 11.8 Å². The van der Waals surface area contributed by atoms with Crippen LogP contribution < -0.4 is 4.74 Å². The predicted octanol–water partition coefficient (Wildman–Crippen LogP) is 4.32. The third kappa shape index (κ3) is 3.30. The number of aryl methyl sites for hydroxylation is 1. The first-order valence-electron chi connectivity index (χ1n) is 6.23. The third-order valence-electron chi connectivity index (χ3n) is 2.92. The van der Waals surface area contributed by atoms with Crippen LogP contribution in [0.1, 0.15) is 12.5 Å². The monoisotopic (exact) mass is 289 g/mol. The molecule has 0 bridgehead atoms. The van der Waals surface area contributed by atoms with E-state index in [1.807, 2.05) is 12.1 Å². The molecule has 0 spiro atoms. The lowest BCUT2D eigenvalue weighted by molar-refractivity contribution is -0.384. The molecule has 0 atom stereocenters. The zero-order chi connectivity index (χ0) is 14.5. The molecule has 0 aliphatic rings. The number of ether oxygens (including phenoxy) is 1. The van der Waals surface area contributed by atoms with Crippen LogP contribution in [0, 0.1) is 10.1 Å². The Morgan fingerprint density at radius 2 is 1.80 bits per heavy atom. The molecule has 0 aliphatic carbocycles. The Labute approximate surface area is 121 Å². The van der Waals surface area contributed by atoms with Gasteiger partial charge in [-0.05, 0) is 42.3 Å². The van der Waals surface area contributed by atoms with E-state index < -0.39 is 4.92 Å². The fourth-order valence-corrected chi connectivity index (χ4v) is 2.75. The van der Waals surface area contributed by atoms with Crippen molar-refractivity contribution in [3.63, 3.8) is 0 Å². The molecule has 0 fully saturated rings. The summed E-state index contributed by atoms with van der Waals surface area (Å²) in [7, 11) is 1.66. The molecule has 0 saturated heterocycles. The minimum Gasteiger partial charge on any atom is -0.496 e. The van der Waals surface area contributed by atoms with Crippen LogP contribution in [0.15, 0.2) is 52.3 Å². The average molecular weight is 289 g/mol. The van der Waals surface area contributed by atoms with Gasteiger partial charge in [0, 0.05) is 21.9 Å². The van der Waals surface area contributed by atoms with E-state index >= 15 is 0 Å². The molecule has 2 aromatic carbocycles. The Balaban J connectivity index is 2.19. The van der Waals surface area contributed by atoms with Gasteiger partial charge in [0.05, 0.1) is 12.0 Å². The second kappa shape index (κ2) is 6.43. The zero-order valence-corrected chi connectivity index (χ0v) is 12.1. The van der Waals surface area contributed by atoms with Crippen molar-refractivity contribution in [2.24, 2.45) is 0 Å². The standard InChI is InChI=1S/C15H15NO3S/c1-3-11-10-14(8-9-15(11)19-2)20-13-6-4-12(5-7-13)16(17)18/h4-10H,3H2,1-2H3. The summed E-state index contributed by atoms with van der Waals surface area (Å²) in [6.45, 7) is 2.08. The maximum absolute atomic E-state index is 10.6. The molecule has 0 heterocycles. The fourth-order valence-electron chi connectivity index (χ4n) is 1.87. The first-order chi connectivity index (χ1) is 9.63. The molecule has 0 unspecified atom stereocenters. The van der Waals surface area contributed by atoms with E-state index in [2.05, 4.69) is 13.0 Å². The Bertz CT molecular complexity index is 611. The van der Waals surface area contributed by atoms with Gasteiger partial charge in [-0.15, -0.1) is 0 Å². The van der Waals surface area contributed by atoms with E-state index in [0.717, 1.165) is 27.5 Å². The van der Waals surface area contributed by atoms with Crippen molar-refractivity contribution in [2.75, 3.05) is 7.11 Å². The molecule has 0 radical (unpaired) electrons. The predicted molar refractivity (Wildman–Crippen MR) is 79.6 cm³/mol. The number of hydrogen-bond donors (Lipinski definition) is 0. The number of nitro benzene ring substituents is 1. The van der Waals surface area contributed by atoms with E-state index in [4.69, 9.17) is 4.74 Å². The van der Waals surface area contributed by atoms with Crippen molar-refractivity contribution < 1.29 is 9.66 Å². The van der Waals surface area contributed by atoms with Crippen molar-refractivity contribution in [3.8, 4) is 5.75 Å². The lowest BCUT2D eigenvalue weighted by Crippen LogP contribution is -1.90. The summed E-state index contributed by atoms with van der Waals surface area (Å²) in [6, 6.07) is 12.6. The molecule has 2 aromatic rings. The molecule has 0 N–H and O–H groups in total. The maximum Gasteiger partial charge on any atom is 0.269 e. The number of nitrogens with zero attached hydrogens (tertiary/aromatic N) is 1. The number of hydrogen-bond acceptors (Lipinski definition) is 4. The van der Waals surface area contributed by atoms with Crippen LogP contribution in [-0.4, -0.2) is 12.0 Å². The minimum atomic E-state index is -0.392. The number of benzene rings is 2. The van der Waals surface area contributed by atoms with Gasteiger partial charge in [0.15, 0.2) is 0 Å². The van der Waals surface area contributed by atoms with E-state index in [0.29, 0.717) is 0 Å². The molecule has 0 saturated carbocycles. The highest BCUT2D eigenvalue weighted by Crippen LogP contribution is 2.32. The summed E-state index contributed by atoms with van der Waals surface area (Å²) in [5.41, 5.74) is 1.26. The van der Waals surface area contributed by atoms with Crippen molar-refractivity contribution in [3.05, 3.63) is 58.1 Å². The highest BCUT2D eigenvalue weighted by molar-refractivity contribution is 7.99. The van der Waals surface area contributed by atoms with Gasteiger partial charge in [-0.3, -0.25) is 10.1 Å². The smallest absolute Gasteiger partial charge is 0.269 e. The maximum atomic E-state index is 10.6. The summed E-state index contributed by atoms with van der Waals surface area (Å²) in [4.78, 5) is 12.3. The minimum absolute atomic E-state index is 0.110. The molecule has 2 rings (SSSR count). The van der Waals surface area contributed by atoms with Gasteiger partial charge in [-0.1, -0.05) is 18.7 Å². The Kier molecular flexibility index (Phi) is 4.63. The van der Waals surface area contributed by atoms with Crippen molar-refractivity contribution >= 4 is 17.4 Å². The quantitative estimate of drug-likeness (QED) is 0.607. The summed E-state index contributed by atoms with van der Waals surface area (Å²) >= 11 is 1.58. The molecule has 104 valence electrons. The zero-order valence-electron chi connectivity index (χ0n) is 11.3. The van der Waals surface area contributed by atoms with Gasteiger partial charge in [0.1, 0.15) is 5.75 Å². The number of methoxy groups -OCH3 is 1. The fraction of sp³-hybridized carbons (Fsp3) is 0.200. The van der Waals surface area contributed by atoms with Gasteiger partial charge in [-0.25, -0.2) is 0 Å². The normalized spacial score (nSPS) is 10.3. The molecule has 5 heteroatoms. The lowest BCUT2D eigenvalue weighted by atomic mass is 10.1. The van der Waals surface area contributed by atoms with Crippen LogP contribution in [0.25, 0.3) is 0 Å². The highest BCUT2D eigenvalue weighted by atomic mass is 32.2. The highest BCUT2D eigenvalue weighted by Gasteiger charge is 2.07. The lowest BCUT2D eigenvalue weighted by Gasteiger charge is -2.09. The molecule has 0 aliphatic heterocycles. The third-order valence-corrected chi connectivity index (χ3v) is 3.91. The van der Waals surface area contributed by atoms with Crippen LogP contribution in [0.3, 0.4) is 0 Å². The van der Waals surface area contributed by atoms with E-state index in [-0.39, 0.29) is 5.69 Å². The first kappa shape index (κ1) is 14.4. The van der Waals surface area contributed by atoms with Gasteiger partial charge in [0.25, 0.3) is 5.69 Å². The molecular formula is C15H15NO3S. The topological polar surface area (TPSA) is 52.4 Å². The SMILES string of the molecule is CCc1cc(Sc2ccc([N+](=O)[O-])cc2)ccc1OC. The van der Waals surface area contributed by atoms with Gasteiger partial charge in [0.2, 0.25) is 0 Å². The molecule has 20 heavy (non-hydrogen) atoms. The van der Waals surface area contributed by atoms with Gasteiger partial charge in [-0.2, -0.15) is 0 Å². The molecule has 0 aromatic heterocycles. The van der Waals surface area contributed by atoms with E-state index in [1.54, 1.807) is 31.0 Å². The van der Waals surface area contributed by atoms with Crippen LogP contribution in [-0.2, 0) is 6.42 Å². The largest absolute Gasteiger partial charge is 0.496 e. The summed E-state index contributed by atoms with van der Waals surface area (Å²) < 4.78 is 5.30. The van der Waals surface area contributed by atoms with E-state index in [9.17, 15) is 10.1 Å². The molecule has 4 nitrogen and oxygen atoms in total. The Hall–Kier alpha value is -2.01. The second-order valence-electron chi connectivity index (χ2n) is 4.18. The Morgan fingerprint density at radius 3 is 2.35 bits per heavy atom. The number of nitro groups is 1.